The van der Waals surface area contributed by atoms with Crippen molar-refractivity contribution in [2.24, 2.45) is 0 Å². The first-order valence-electron chi connectivity index (χ1n) is 14.5. The zero-order chi connectivity index (χ0) is 32.1. The maximum Gasteiger partial charge on any atom is 0.408 e. The van der Waals surface area contributed by atoms with E-state index in [9.17, 15) is 14.4 Å². The maximum absolute atomic E-state index is 12.8. The monoisotopic (exact) mass is 648 g/mol. The fourth-order valence-corrected chi connectivity index (χ4v) is 6.10. The molecule has 13 nitrogen and oxygen atoms in total. The lowest BCUT2D eigenvalue weighted by molar-refractivity contribution is -0.139. The lowest BCUT2D eigenvalue weighted by Crippen LogP contribution is -2.54. The number of halogens is 1. The molecule has 0 aliphatic carbocycles. The van der Waals surface area contributed by atoms with Gasteiger partial charge < -0.3 is 31.1 Å². The zero-order valence-corrected chi connectivity index (χ0v) is 27.1. The van der Waals surface area contributed by atoms with Crippen LogP contribution >= 0.6 is 23.4 Å². The molecule has 2 aromatic rings. The minimum Gasteiger partial charge on any atom is -0.480 e. The molecule has 2 aliphatic rings. The van der Waals surface area contributed by atoms with E-state index in [2.05, 4.69) is 25.5 Å². The van der Waals surface area contributed by atoms with E-state index in [1.807, 2.05) is 43.6 Å². The van der Waals surface area contributed by atoms with Gasteiger partial charge in [-0.1, -0.05) is 29.4 Å². The van der Waals surface area contributed by atoms with E-state index in [-0.39, 0.29) is 30.4 Å². The number of aliphatic carboxylic acids is 1. The second kappa shape index (κ2) is 14.2. The molecule has 15 heteroatoms. The summed E-state index contributed by atoms with van der Waals surface area (Å²) in [6.45, 7) is 11.4. The number of piperidine rings is 1. The highest BCUT2D eigenvalue weighted by Gasteiger charge is 2.34. The molecule has 1 aromatic carbocycles. The van der Waals surface area contributed by atoms with Crippen LogP contribution in [0.2, 0.25) is 5.02 Å². The zero-order valence-electron chi connectivity index (χ0n) is 25.6. The fraction of sp³-hybridized carbons (Fsp3) is 0.552. The molecule has 4 rings (SSSR count). The normalized spacial score (nSPS) is 17.6. The second-order valence-electron chi connectivity index (χ2n) is 12.3. The van der Waals surface area contributed by atoms with Crippen molar-refractivity contribution in [1.29, 1.82) is 0 Å². The van der Waals surface area contributed by atoms with Gasteiger partial charge in [0.05, 0.1) is 30.0 Å². The summed E-state index contributed by atoms with van der Waals surface area (Å²) in [7, 11) is 0. The quantitative estimate of drug-likeness (QED) is 0.314. The van der Waals surface area contributed by atoms with Gasteiger partial charge in [-0.2, -0.15) is 0 Å². The fourth-order valence-electron chi connectivity index (χ4n) is 5.00. The number of hydrogen-bond acceptors (Lipinski definition) is 11. The number of benzene rings is 1. The van der Waals surface area contributed by atoms with E-state index in [0.29, 0.717) is 78.6 Å². The first-order valence-corrected chi connectivity index (χ1v) is 15.7. The average Bonchev–Trinajstić information content (AvgIpc) is 2.92. The molecule has 0 saturated carbocycles. The SMILES string of the molecule is CC1(NC(=O)OC(C)(C)C)CCN(c2cnc(Sc3cccc(NC(=O)CN4CCN(CC(=O)O)CC4)c3Cl)c(N)n2)CC1. The van der Waals surface area contributed by atoms with E-state index in [1.165, 1.54) is 11.8 Å². The standard InChI is InChI=1S/C29H41ClN8O5S/c1-28(2,3)43-27(42)35-29(4)8-10-38(11-9-29)21-16-32-26(25(31)34-21)44-20-7-5-6-19(24(20)30)33-22(39)17-36-12-14-37(15-13-36)18-23(40)41/h5-7,16H,8-15,17-18H2,1-4H3,(H2,31,34)(H,33,39)(H,35,42)(H,40,41). The molecule has 2 aliphatic heterocycles. The molecule has 2 fully saturated rings. The number of carbonyl (C=O) groups excluding carboxylic acids is 2. The van der Waals surface area contributed by atoms with Crippen LogP contribution in [-0.2, 0) is 14.3 Å². The number of ether oxygens (including phenoxy) is 1. The van der Waals surface area contributed by atoms with Gasteiger partial charge in [0.15, 0.2) is 5.82 Å². The van der Waals surface area contributed by atoms with Crippen molar-refractivity contribution in [1.82, 2.24) is 25.1 Å². The first kappa shape index (κ1) is 33.6. The summed E-state index contributed by atoms with van der Waals surface area (Å²) in [5, 5.41) is 15.7. The average molecular weight is 649 g/mol. The predicted molar refractivity (Wildman–Crippen MR) is 170 cm³/mol. The molecule has 1 aromatic heterocycles. The highest BCUT2D eigenvalue weighted by atomic mass is 35.5. The number of rotatable bonds is 9. The Balaban J connectivity index is 1.31. The van der Waals surface area contributed by atoms with Crippen molar-refractivity contribution in [2.75, 3.05) is 68.3 Å². The van der Waals surface area contributed by atoms with Gasteiger partial charge in [-0.05, 0) is 52.7 Å². The molecule has 0 bridgehead atoms. The van der Waals surface area contributed by atoms with Crippen LogP contribution in [-0.4, -0.2) is 106 Å². The van der Waals surface area contributed by atoms with E-state index in [1.54, 1.807) is 18.3 Å². The molecule has 5 N–H and O–H groups in total. The number of aromatic nitrogens is 2. The third kappa shape index (κ3) is 9.58. The Hall–Kier alpha value is -3.33. The highest BCUT2D eigenvalue weighted by molar-refractivity contribution is 7.99. The Morgan fingerprint density at radius 2 is 1.73 bits per heavy atom. The smallest absolute Gasteiger partial charge is 0.408 e. The molecule has 3 heterocycles. The van der Waals surface area contributed by atoms with Crippen molar-refractivity contribution in [2.45, 2.75) is 61.6 Å². The van der Waals surface area contributed by atoms with Crippen LogP contribution < -0.4 is 21.3 Å². The third-order valence-corrected chi connectivity index (χ3v) is 8.97. The number of nitrogens with one attached hydrogen (secondary N) is 2. The van der Waals surface area contributed by atoms with Crippen LogP contribution in [0.3, 0.4) is 0 Å². The number of nitrogen functional groups attached to an aromatic ring is 1. The number of anilines is 3. The van der Waals surface area contributed by atoms with E-state index >= 15 is 0 Å². The predicted octanol–water partition coefficient (Wildman–Crippen LogP) is 3.39. The second-order valence-corrected chi connectivity index (χ2v) is 13.7. The Morgan fingerprint density at radius 1 is 1.09 bits per heavy atom. The summed E-state index contributed by atoms with van der Waals surface area (Å²) in [6, 6.07) is 5.35. The lowest BCUT2D eigenvalue weighted by Gasteiger charge is -2.40. The van der Waals surface area contributed by atoms with E-state index in [4.69, 9.17) is 27.2 Å². The molecule has 0 spiro atoms. The van der Waals surface area contributed by atoms with E-state index in [0.717, 1.165) is 0 Å². The number of carboxylic acids is 1. The number of piperazine rings is 1. The topological polar surface area (TPSA) is 166 Å². The largest absolute Gasteiger partial charge is 0.480 e. The minimum atomic E-state index is -0.854. The van der Waals surface area contributed by atoms with Crippen LogP contribution in [0.15, 0.2) is 34.3 Å². The van der Waals surface area contributed by atoms with Crippen molar-refractivity contribution in [3.8, 4) is 0 Å². The van der Waals surface area contributed by atoms with Crippen molar-refractivity contribution in [3.63, 3.8) is 0 Å². The number of amides is 2. The number of carbonyl (C=O) groups is 3. The summed E-state index contributed by atoms with van der Waals surface area (Å²) in [6.07, 6.45) is 2.67. The molecule has 2 saturated heterocycles. The van der Waals surface area contributed by atoms with Gasteiger partial charge in [-0.25, -0.2) is 14.8 Å². The molecular formula is C29H41ClN8O5S. The Kier molecular flexibility index (Phi) is 10.8. The number of carboxylic acid groups (broad SMARTS) is 1. The molecular weight excluding hydrogens is 608 g/mol. The van der Waals surface area contributed by atoms with Gasteiger partial charge in [0, 0.05) is 49.7 Å². The summed E-state index contributed by atoms with van der Waals surface area (Å²) < 4.78 is 5.42. The number of nitrogens with zero attached hydrogens (tertiary/aromatic N) is 5. The van der Waals surface area contributed by atoms with Crippen LogP contribution in [0.4, 0.5) is 22.1 Å². The molecule has 240 valence electrons. The molecule has 0 atom stereocenters. The molecule has 0 radical (unpaired) electrons. The molecule has 2 amide bonds. The Morgan fingerprint density at radius 3 is 2.32 bits per heavy atom. The van der Waals surface area contributed by atoms with Crippen LogP contribution in [0.25, 0.3) is 0 Å². The molecule has 0 unspecified atom stereocenters. The van der Waals surface area contributed by atoms with Gasteiger partial charge >= 0.3 is 12.1 Å². The van der Waals surface area contributed by atoms with Gasteiger partial charge in [-0.3, -0.25) is 19.4 Å². The maximum atomic E-state index is 12.8. The van der Waals surface area contributed by atoms with Crippen molar-refractivity contribution < 1.29 is 24.2 Å². The summed E-state index contributed by atoms with van der Waals surface area (Å²) in [5.74, 6) is -0.140. The number of alkyl carbamates (subject to hydrolysis) is 1. The Labute approximate surface area is 266 Å². The number of nitrogens with two attached hydrogens (primary N) is 1. The summed E-state index contributed by atoms with van der Waals surface area (Å²) >= 11 is 7.93. The molecule has 44 heavy (non-hydrogen) atoms. The Bertz CT molecular complexity index is 1360. The van der Waals surface area contributed by atoms with Crippen molar-refractivity contribution in [3.05, 3.63) is 29.4 Å². The van der Waals surface area contributed by atoms with Crippen LogP contribution in [0.1, 0.15) is 40.5 Å². The van der Waals surface area contributed by atoms with Gasteiger partial charge in [0.25, 0.3) is 0 Å². The van der Waals surface area contributed by atoms with Gasteiger partial charge in [-0.15, -0.1) is 0 Å². The summed E-state index contributed by atoms with van der Waals surface area (Å²) in [4.78, 5) is 51.7. The summed E-state index contributed by atoms with van der Waals surface area (Å²) in [5.41, 5.74) is 5.85. The van der Waals surface area contributed by atoms with Gasteiger partial charge in [0.2, 0.25) is 5.91 Å². The first-order chi connectivity index (χ1) is 20.7. The lowest BCUT2D eigenvalue weighted by atomic mass is 9.90. The van der Waals surface area contributed by atoms with Gasteiger partial charge in [0.1, 0.15) is 16.4 Å². The number of hydrogen-bond donors (Lipinski definition) is 4. The van der Waals surface area contributed by atoms with Crippen LogP contribution in [0.5, 0.6) is 0 Å². The van der Waals surface area contributed by atoms with Crippen LogP contribution in [0, 0.1) is 0 Å². The highest BCUT2D eigenvalue weighted by Crippen LogP contribution is 2.38. The third-order valence-electron chi connectivity index (χ3n) is 7.38. The van der Waals surface area contributed by atoms with E-state index < -0.39 is 17.7 Å². The minimum absolute atomic E-state index is 0.00452. The van der Waals surface area contributed by atoms with Crippen molar-refractivity contribution >= 4 is 58.7 Å².